The first-order valence-corrected chi connectivity index (χ1v) is 8.82. The second-order valence-corrected chi connectivity index (χ2v) is 7.66. The molecule has 0 saturated carbocycles. The number of benzene rings is 1. The van der Waals surface area contributed by atoms with Crippen molar-refractivity contribution < 1.29 is 5.11 Å². The van der Waals surface area contributed by atoms with E-state index in [9.17, 15) is 15.2 Å². The van der Waals surface area contributed by atoms with Gasteiger partial charge in [0, 0.05) is 5.56 Å². The Morgan fingerprint density at radius 3 is 2.57 bits per heavy atom. The molecule has 1 heterocycles. The molecular weight excluding hydrogens is 378 g/mol. The number of rotatable bonds is 2. The zero-order chi connectivity index (χ0) is 17.4. The Labute approximate surface area is 146 Å². The lowest BCUT2D eigenvalue weighted by atomic mass is 9.85. The fraction of sp³-hybridized carbons (Fsp3) is 0.312. The standard InChI is InChI=1S/C16H16BrN3O2S/c1-16(2,3)8-5-9(13(21)11(17)6-8)12-10(7-18)14(22)20-15(19-12)23-4/h5-6,21H,1-4H3,(H,19,20,22). The number of hydrogen-bond donors (Lipinski definition) is 2. The van der Waals surface area contributed by atoms with E-state index in [-0.39, 0.29) is 22.4 Å². The summed E-state index contributed by atoms with van der Waals surface area (Å²) < 4.78 is 0.497. The molecule has 23 heavy (non-hydrogen) atoms. The maximum Gasteiger partial charge on any atom is 0.270 e. The number of nitrogens with zero attached hydrogens (tertiary/aromatic N) is 2. The summed E-state index contributed by atoms with van der Waals surface area (Å²) in [4.78, 5) is 18.9. The van der Waals surface area contributed by atoms with Gasteiger partial charge in [0.15, 0.2) is 5.16 Å². The van der Waals surface area contributed by atoms with Crippen LogP contribution < -0.4 is 5.56 Å². The summed E-state index contributed by atoms with van der Waals surface area (Å²) >= 11 is 4.60. The number of phenolic OH excluding ortho intramolecular Hbond substituents is 1. The Kier molecular flexibility index (Phi) is 4.87. The second kappa shape index (κ2) is 6.38. The Balaban J connectivity index is 2.87. The normalized spacial score (nSPS) is 11.3. The minimum Gasteiger partial charge on any atom is -0.506 e. The number of halogens is 1. The lowest BCUT2D eigenvalue weighted by molar-refractivity contribution is 0.472. The van der Waals surface area contributed by atoms with Crippen LogP contribution in [0.5, 0.6) is 5.75 Å². The number of aromatic amines is 1. The molecule has 1 aromatic carbocycles. The van der Waals surface area contributed by atoms with Crippen LogP contribution in [-0.4, -0.2) is 21.3 Å². The maximum absolute atomic E-state index is 12.1. The molecule has 0 aliphatic heterocycles. The number of aromatic nitrogens is 2. The molecule has 2 aromatic rings. The van der Waals surface area contributed by atoms with E-state index in [0.717, 1.165) is 5.56 Å². The van der Waals surface area contributed by atoms with Gasteiger partial charge in [-0.25, -0.2) is 4.98 Å². The molecule has 5 nitrogen and oxygen atoms in total. The van der Waals surface area contributed by atoms with Crippen molar-refractivity contribution in [2.24, 2.45) is 0 Å². The molecular formula is C16H16BrN3O2S. The maximum atomic E-state index is 12.1. The molecule has 0 atom stereocenters. The third-order valence-corrected chi connectivity index (χ3v) is 4.57. The average Bonchev–Trinajstić information content (AvgIpc) is 2.47. The number of hydrogen-bond acceptors (Lipinski definition) is 5. The van der Waals surface area contributed by atoms with Crippen LogP contribution in [0.1, 0.15) is 31.9 Å². The lowest BCUT2D eigenvalue weighted by Gasteiger charge is -2.21. The fourth-order valence-electron chi connectivity index (χ4n) is 2.06. The van der Waals surface area contributed by atoms with E-state index in [1.165, 1.54) is 11.8 Å². The average molecular weight is 394 g/mol. The van der Waals surface area contributed by atoms with Gasteiger partial charge >= 0.3 is 0 Å². The first-order chi connectivity index (χ1) is 10.7. The van der Waals surface area contributed by atoms with Gasteiger partial charge in [-0.05, 0) is 45.3 Å². The summed E-state index contributed by atoms with van der Waals surface area (Å²) in [6, 6.07) is 5.47. The smallest absolute Gasteiger partial charge is 0.270 e. The number of thioether (sulfide) groups is 1. The molecule has 7 heteroatoms. The molecule has 0 radical (unpaired) electrons. The Bertz CT molecular complexity index is 863. The Morgan fingerprint density at radius 2 is 2.04 bits per heavy atom. The summed E-state index contributed by atoms with van der Waals surface area (Å²) in [5.41, 5.74) is 0.706. The first-order valence-electron chi connectivity index (χ1n) is 6.80. The van der Waals surface area contributed by atoms with Crippen LogP contribution >= 0.6 is 27.7 Å². The predicted octanol–water partition coefficient (Wildman–Crippen LogP) is 3.80. The molecule has 0 fully saturated rings. The molecule has 2 rings (SSSR count). The van der Waals surface area contributed by atoms with E-state index < -0.39 is 5.56 Å². The Morgan fingerprint density at radius 1 is 1.39 bits per heavy atom. The van der Waals surface area contributed by atoms with Crippen molar-refractivity contribution in [2.45, 2.75) is 31.3 Å². The number of nitrogens with one attached hydrogen (secondary N) is 1. The predicted molar refractivity (Wildman–Crippen MR) is 94.9 cm³/mol. The van der Waals surface area contributed by atoms with Crippen LogP contribution in [0.4, 0.5) is 0 Å². The zero-order valence-electron chi connectivity index (χ0n) is 13.2. The highest BCUT2D eigenvalue weighted by molar-refractivity contribution is 9.10. The molecule has 0 amide bonds. The highest BCUT2D eigenvalue weighted by Crippen LogP contribution is 2.39. The number of nitriles is 1. The quantitative estimate of drug-likeness (QED) is 0.598. The van der Waals surface area contributed by atoms with Crippen molar-refractivity contribution in [1.29, 1.82) is 5.26 Å². The molecule has 0 saturated heterocycles. The van der Waals surface area contributed by atoms with Gasteiger partial charge in [0.1, 0.15) is 23.1 Å². The van der Waals surface area contributed by atoms with E-state index in [0.29, 0.717) is 15.2 Å². The van der Waals surface area contributed by atoms with E-state index in [2.05, 4.69) is 25.9 Å². The van der Waals surface area contributed by atoms with Gasteiger partial charge in [0.25, 0.3) is 5.56 Å². The van der Waals surface area contributed by atoms with Crippen LogP contribution in [0.2, 0.25) is 0 Å². The van der Waals surface area contributed by atoms with E-state index >= 15 is 0 Å². The van der Waals surface area contributed by atoms with E-state index in [1.807, 2.05) is 32.9 Å². The molecule has 0 spiro atoms. The Hall–Kier alpha value is -1.78. The summed E-state index contributed by atoms with van der Waals surface area (Å²) in [6.07, 6.45) is 1.77. The van der Waals surface area contributed by atoms with Crippen LogP contribution in [0.3, 0.4) is 0 Å². The SMILES string of the molecule is CSc1nc(-c2cc(C(C)(C)C)cc(Br)c2O)c(C#N)c(=O)[nH]1. The van der Waals surface area contributed by atoms with Gasteiger partial charge in [0.2, 0.25) is 0 Å². The van der Waals surface area contributed by atoms with Crippen molar-refractivity contribution in [3.05, 3.63) is 38.1 Å². The van der Waals surface area contributed by atoms with Crippen molar-refractivity contribution >= 4 is 27.7 Å². The van der Waals surface area contributed by atoms with Crippen LogP contribution in [-0.2, 0) is 5.41 Å². The zero-order valence-corrected chi connectivity index (χ0v) is 15.6. The van der Waals surface area contributed by atoms with Gasteiger partial charge in [-0.15, -0.1) is 0 Å². The lowest BCUT2D eigenvalue weighted by Crippen LogP contribution is -2.15. The van der Waals surface area contributed by atoms with Crippen LogP contribution in [0.15, 0.2) is 26.6 Å². The summed E-state index contributed by atoms with van der Waals surface area (Å²) in [6.45, 7) is 6.12. The highest BCUT2D eigenvalue weighted by Gasteiger charge is 2.22. The molecule has 0 aliphatic rings. The highest BCUT2D eigenvalue weighted by atomic mass is 79.9. The van der Waals surface area contributed by atoms with Crippen molar-refractivity contribution in [1.82, 2.24) is 9.97 Å². The van der Waals surface area contributed by atoms with Crippen molar-refractivity contribution in [3.8, 4) is 23.1 Å². The third kappa shape index (κ3) is 3.43. The van der Waals surface area contributed by atoms with Gasteiger partial charge < -0.3 is 10.1 Å². The number of H-pyrrole nitrogens is 1. The molecule has 120 valence electrons. The van der Waals surface area contributed by atoms with Crippen molar-refractivity contribution in [2.75, 3.05) is 6.26 Å². The minimum atomic E-state index is -0.515. The summed E-state index contributed by atoms with van der Waals surface area (Å²) in [7, 11) is 0. The largest absolute Gasteiger partial charge is 0.506 e. The number of phenols is 1. The van der Waals surface area contributed by atoms with Gasteiger partial charge in [-0.2, -0.15) is 5.26 Å². The van der Waals surface area contributed by atoms with E-state index in [4.69, 9.17) is 0 Å². The molecule has 2 N–H and O–H groups in total. The molecule has 1 aromatic heterocycles. The monoisotopic (exact) mass is 393 g/mol. The summed E-state index contributed by atoms with van der Waals surface area (Å²) in [5.74, 6) is -0.0420. The van der Waals surface area contributed by atoms with E-state index in [1.54, 1.807) is 12.3 Å². The van der Waals surface area contributed by atoms with Crippen LogP contribution in [0, 0.1) is 11.3 Å². The topological polar surface area (TPSA) is 89.8 Å². The third-order valence-electron chi connectivity index (χ3n) is 3.39. The van der Waals surface area contributed by atoms with Crippen molar-refractivity contribution in [3.63, 3.8) is 0 Å². The molecule has 0 aliphatic carbocycles. The molecule has 0 unspecified atom stereocenters. The van der Waals surface area contributed by atoms with Gasteiger partial charge in [0.05, 0.1) is 4.47 Å². The summed E-state index contributed by atoms with van der Waals surface area (Å²) in [5, 5.41) is 20.1. The minimum absolute atomic E-state index is 0.0420. The number of aromatic hydroxyl groups is 1. The fourth-order valence-corrected chi connectivity index (χ4v) is 2.90. The van der Waals surface area contributed by atoms with Crippen LogP contribution in [0.25, 0.3) is 11.3 Å². The first kappa shape index (κ1) is 17.6. The molecule has 0 bridgehead atoms. The second-order valence-electron chi connectivity index (χ2n) is 6.01. The van der Waals surface area contributed by atoms with Gasteiger partial charge in [-0.3, -0.25) is 4.79 Å². The van der Waals surface area contributed by atoms with Gasteiger partial charge in [-0.1, -0.05) is 32.5 Å².